The van der Waals surface area contributed by atoms with Crippen LogP contribution in [0.5, 0.6) is 0 Å². The molecule has 2 atom stereocenters. The van der Waals surface area contributed by atoms with Crippen LogP contribution in [0.1, 0.15) is 37.7 Å². The second-order valence-corrected chi connectivity index (χ2v) is 6.88. The fourth-order valence-corrected chi connectivity index (χ4v) is 3.60. The molecule has 118 valence electrons. The van der Waals surface area contributed by atoms with E-state index in [0.717, 1.165) is 24.8 Å². The van der Waals surface area contributed by atoms with E-state index in [1.165, 1.54) is 0 Å². The smallest absolute Gasteiger partial charge is 0.308 e. The number of benzene rings is 1. The average molecular weight is 322 g/mol. The highest BCUT2D eigenvalue weighted by atomic mass is 35.5. The van der Waals surface area contributed by atoms with Gasteiger partial charge in [0.25, 0.3) is 0 Å². The number of rotatable bonds is 4. The first-order valence-electron chi connectivity index (χ1n) is 7.74. The predicted molar refractivity (Wildman–Crippen MR) is 83.9 cm³/mol. The summed E-state index contributed by atoms with van der Waals surface area (Å²) in [6, 6.07) is 7.27. The molecule has 1 aliphatic carbocycles. The van der Waals surface area contributed by atoms with E-state index >= 15 is 0 Å². The van der Waals surface area contributed by atoms with Gasteiger partial charge < -0.3 is 10.0 Å². The minimum Gasteiger partial charge on any atom is -0.481 e. The number of likely N-dealkylation sites (tertiary alicyclic amines) is 1. The molecule has 1 N–H and O–H groups in total. The summed E-state index contributed by atoms with van der Waals surface area (Å²) in [6.07, 6.45) is 2.70. The monoisotopic (exact) mass is 321 g/mol. The van der Waals surface area contributed by atoms with Crippen molar-refractivity contribution < 1.29 is 14.7 Å². The average Bonchev–Trinajstić information content (AvgIpc) is 3.18. The Morgan fingerprint density at radius 3 is 2.41 bits per heavy atom. The standard InChI is InChI=1S/C17H20ClNO3/c1-2-17(7-8-17)16(22)19-9-13(14(10-19)15(20)21)11-3-5-12(18)6-4-11/h3-6,13-14H,2,7-10H2,1H3,(H,20,21)/t13-,14+/m0/s1. The molecule has 0 aromatic heterocycles. The number of aliphatic carboxylic acids is 1. The van der Waals surface area contributed by atoms with Crippen molar-refractivity contribution in [3.8, 4) is 0 Å². The molecule has 22 heavy (non-hydrogen) atoms. The van der Waals surface area contributed by atoms with Crippen LogP contribution in [-0.2, 0) is 9.59 Å². The number of hydrogen-bond acceptors (Lipinski definition) is 2. The van der Waals surface area contributed by atoms with E-state index in [1.54, 1.807) is 17.0 Å². The van der Waals surface area contributed by atoms with Crippen LogP contribution in [0.2, 0.25) is 5.02 Å². The van der Waals surface area contributed by atoms with E-state index in [1.807, 2.05) is 19.1 Å². The zero-order valence-corrected chi connectivity index (χ0v) is 13.3. The molecule has 1 aromatic carbocycles. The molecule has 1 saturated carbocycles. The van der Waals surface area contributed by atoms with Gasteiger partial charge in [-0.1, -0.05) is 30.7 Å². The molecule has 0 spiro atoms. The minimum atomic E-state index is -0.836. The van der Waals surface area contributed by atoms with Gasteiger partial charge in [-0.2, -0.15) is 0 Å². The summed E-state index contributed by atoms with van der Waals surface area (Å²) in [5.41, 5.74) is 0.728. The molecule has 4 nitrogen and oxygen atoms in total. The Hall–Kier alpha value is -1.55. The van der Waals surface area contributed by atoms with Crippen molar-refractivity contribution in [2.45, 2.75) is 32.1 Å². The lowest BCUT2D eigenvalue weighted by atomic mass is 9.89. The van der Waals surface area contributed by atoms with Gasteiger partial charge in [-0.15, -0.1) is 0 Å². The number of carbonyl (C=O) groups excluding carboxylic acids is 1. The summed E-state index contributed by atoms with van der Waals surface area (Å²) in [5, 5.41) is 10.1. The predicted octanol–water partition coefficient (Wildman–Crippen LogP) is 3.16. The Bertz CT molecular complexity index is 594. The van der Waals surface area contributed by atoms with Crippen molar-refractivity contribution in [2.24, 2.45) is 11.3 Å². The van der Waals surface area contributed by atoms with Crippen molar-refractivity contribution in [1.82, 2.24) is 4.90 Å². The second-order valence-electron chi connectivity index (χ2n) is 6.45. The molecular formula is C17H20ClNO3. The van der Waals surface area contributed by atoms with Gasteiger partial charge in [0.2, 0.25) is 5.91 Å². The third-order valence-corrected chi connectivity index (χ3v) is 5.46. The maximum Gasteiger partial charge on any atom is 0.308 e. The molecular weight excluding hydrogens is 302 g/mol. The highest BCUT2D eigenvalue weighted by Gasteiger charge is 2.52. The maximum absolute atomic E-state index is 12.7. The zero-order valence-electron chi connectivity index (χ0n) is 12.6. The van der Waals surface area contributed by atoms with Crippen LogP contribution < -0.4 is 0 Å². The molecule has 1 heterocycles. The molecule has 3 rings (SSSR count). The number of carboxylic acids is 1. The van der Waals surface area contributed by atoms with Crippen LogP contribution in [0, 0.1) is 11.3 Å². The molecule has 0 unspecified atom stereocenters. The van der Waals surface area contributed by atoms with Gasteiger partial charge in [0.1, 0.15) is 0 Å². The van der Waals surface area contributed by atoms with Crippen molar-refractivity contribution in [1.29, 1.82) is 0 Å². The van der Waals surface area contributed by atoms with E-state index in [4.69, 9.17) is 11.6 Å². The van der Waals surface area contributed by atoms with Crippen LogP contribution >= 0.6 is 11.6 Å². The van der Waals surface area contributed by atoms with E-state index < -0.39 is 11.9 Å². The van der Waals surface area contributed by atoms with E-state index in [0.29, 0.717) is 18.1 Å². The summed E-state index contributed by atoms with van der Waals surface area (Å²) < 4.78 is 0. The molecule has 5 heteroatoms. The minimum absolute atomic E-state index is 0.137. The summed E-state index contributed by atoms with van der Waals surface area (Å²) >= 11 is 5.90. The van der Waals surface area contributed by atoms with Gasteiger partial charge >= 0.3 is 5.97 Å². The molecule has 2 fully saturated rings. The number of hydrogen-bond donors (Lipinski definition) is 1. The Morgan fingerprint density at radius 2 is 1.91 bits per heavy atom. The molecule has 0 radical (unpaired) electrons. The van der Waals surface area contributed by atoms with Crippen LogP contribution in [0.4, 0.5) is 0 Å². The fourth-order valence-electron chi connectivity index (χ4n) is 3.47. The first kappa shape index (κ1) is 15.3. The molecule has 1 aliphatic heterocycles. The van der Waals surface area contributed by atoms with E-state index in [9.17, 15) is 14.7 Å². The fraction of sp³-hybridized carbons (Fsp3) is 0.529. The van der Waals surface area contributed by atoms with Crippen LogP contribution in [0.3, 0.4) is 0 Å². The Morgan fingerprint density at radius 1 is 1.27 bits per heavy atom. The highest BCUT2D eigenvalue weighted by Crippen LogP contribution is 2.51. The number of carboxylic acid groups (broad SMARTS) is 1. The van der Waals surface area contributed by atoms with Crippen molar-refractivity contribution in [3.05, 3.63) is 34.9 Å². The van der Waals surface area contributed by atoms with Gasteiger partial charge in [0.15, 0.2) is 0 Å². The summed E-state index contributed by atoms with van der Waals surface area (Å²) in [4.78, 5) is 26.0. The number of amides is 1. The third kappa shape index (κ3) is 2.60. The first-order valence-corrected chi connectivity index (χ1v) is 8.12. The van der Waals surface area contributed by atoms with E-state index in [2.05, 4.69) is 0 Å². The van der Waals surface area contributed by atoms with Crippen molar-refractivity contribution in [3.63, 3.8) is 0 Å². The molecule has 2 aliphatic rings. The summed E-state index contributed by atoms with van der Waals surface area (Å²) in [6.45, 7) is 2.83. The Balaban J connectivity index is 1.82. The van der Waals surface area contributed by atoms with Crippen LogP contribution in [0.15, 0.2) is 24.3 Å². The Kier molecular flexibility index (Phi) is 3.89. The Labute approximate surface area is 135 Å². The van der Waals surface area contributed by atoms with Gasteiger partial charge in [-0.3, -0.25) is 9.59 Å². The lowest BCUT2D eigenvalue weighted by Crippen LogP contribution is -2.36. The first-order chi connectivity index (χ1) is 10.5. The summed E-state index contributed by atoms with van der Waals surface area (Å²) in [5.74, 6) is -1.40. The molecule has 1 saturated heterocycles. The number of carbonyl (C=O) groups is 2. The number of nitrogens with zero attached hydrogens (tertiary/aromatic N) is 1. The maximum atomic E-state index is 12.7. The lowest BCUT2D eigenvalue weighted by molar-refractivity contribution is -0.142. The quantitative estimate of drug-likeness (QED) is 0.926. The summed E-state index contributed by atoms with van der Waals surface area (Å²) in [7, 11) is 0. The van der Waals surface area contributed by atoms with Gasteiger partial charge in [-0.25, -0.2) is 0 Å². The van der Waals surface area contributed by atoms with E-state index in [-0.39, 0.29) is 17.2 Å². The third-order valence-electron chi connectivity index (χ3n) is 5.21. The molecule has 1 aromatic rings. The second kappa shape index (κ2) is 5.58. The molecule has 1 amide bonds. The highest BCUT2D eigenvalue weighted by molar-refractivity contribution is 6.30. The van der Waals surface area contributed by atoms with Gasteiger partial charge in [-0.05, 0) is 37.0 Å². The SMILES string of the molecule is CCC1(C(=O)N2C[C@@H](C(=O)O)[C@H](c3ccc(Cl)cc3)C2)CC1. The van der Waals surface area contributed by atoms with Crippen molar-refractivity contribution >= 4 is 23.5 Å². The van der Waals surface area contributed by atoms with Crippen LogP contribution in [0.25, 0.3) is 0 Å². The largest absolute Gasteiger partial charge is 0.481 e. The lowest BCUT2D eigenvalue weighted by Gasteiger charge is -2.22. The van der Waals surface area contributed by atoms with Crippen LogP contribution in [-0.4, -0.2) is 35.0 Å². The van der Waals surface area contributed by atoms with Gasteiger partial charge in [0.05, 0.1) is 5.92 Å². The molecule has 0 bridgehead atoms. The topological polar surface area (TPSA) is 57.6 Å². The number of halogens is 1. The van der Waals surface area contributed by atoms with Gasteiger partial charge in [0, 0.05) is 29.4 Å². The van der Waals surface area contributed by atoms with Crippen molar-refractivity contribution in [2.75, 3.05) is 13.1 Å². The normalized spacial score (nSPS) is 26.0. The zero-order chi connectivity index (χ0) is 15.9.